The Labute approximate surface area is 223 Å². The largest absolute Gasteiger partial charge is 0.469 e. The van der Waals surface area contributed by atoms with Crippen LogP contribution in [0, 0.1) is 33.5 Å². The highest BCUT2D eigenvalue weighted by molar-refractivity contribution is 5.78. The average molecular weight is 519 g/mol. The third-order valence-electron chi connectivity index (χ3n) is 12.6. The van der Waals surface area contributed by atoms with Crippen molar-refractivity contribution in [2.45, 2.75) is 135 Å². The van der Waals surface area contributed by atoms with E-state index in [1.165, 1.54) is 7.11 Å². The molecule has 0 aromatic rings. The molecule has 0 bridgehead atoms. The number of epoxide rings is 1. The predicted molar refractivity (Wildman–Crippen MR) is 142 cm³/mol. The second-order valence-electron chi connectivity index (χ2n) is 15.5. The Hall–Kier alpha value is -0.950. The van der Waals surface area contributed by atoms with E-state index < -0.39 is 28.1 Å². The number of hydrogen-bond donors (Lipinski definition) is 3. The van der Waals surface area contributed by atoms with Crippen LogP contribution in [0.15, 0.2) is 12.2 Å². The molecule has 5 fully saturated rings. The average Bonchev–Trinajstić information content (AvgIpc) is 3.45. The molecule has 6 heteroatoms. The first-order chi connectivity index (χ1) is 16.9. The van der Waals surface area contributed by atoms with E-state index in [1.807, 2.05) is 6.08 Å². The minimum atomic E-state index is -1.61. The van der Waals surface area contributed by atoms with Crippen molar-refractivity contribution < 1.29 is 29.6 Å². The van der Waals surface area contributed by atoms with Crippen LogP contribution >= 0.6 is 0 Å². The summed E-state index contributed by atoms with van der Waals surface area (Å²) in [6.45, 7) is 14.9. The Balaban J connectivity index is 1.60. The summed E-state index contributed by atoms with van der Waals surface area (Å²) in [4.78, 5) is 13.3. The zero-order valence-electron chi connectivity index (χ0n) is 24.3. The summed E-state index contributed by atoms with van der Waals surface area (Å²) >= 11 is 0. The molecule has 0 unspecified atom stereocenters. The molecule has 0 aromatic carbocycles. The van der Waals surface area contributed by atoms with Gasteiger partial charge in [-0.1, -0.05) is 46.8 Å². The van der Waals surface area contributed by atoms with Crippen molar-refractivity contribution >= 4 is 5.97 Å². The molecule has 0 amide bonds. The van der Waals surface area contributed by atoms with Crippen LogP contribution in [0.25, 0.3) is 0 Å². The van der Waals surface area contributed by atoms with E-state index in [9.17, 15) is 20.1 Å². The molecular weight excluding hydrogens is 468 g/mol. The first-order valence-corrected chi connectivity index (χ1v) is 14.5. The van der Waals surface area contributed by atoms with Gasteiger partial charge in [0.05, 0.1) is 29.8 Å². The Morgan fingerprint density at radius 3 is 2.16 bits per heavy atom. The fourth-order valence-electron chi connectivity index (χ4n) is 9.87. The summed E-state index contributed by atoms with van der Waals surface area (Å²) < 4.78 is 12.0. The first-order valence-electron chi connectivity index (χ1n) is 14.5. The van der Waals surface area contributed by atoms with Crippen molar-refractivity contribution in [2.75, 3.05) is 7.11 Å². The lowest BCUT2D eigenvalue weighted by molar-refractivity contribution is -0.231. The van der Waals surface area contributed by atoms with Gasteiger partial charge in [-0.3, -0.25) is 4.79 Å². The van der Waals surface area contributed by atoms with Crippen molar-refractivity contribution in [2.24, 2.45) is 33.5 Å². The summed E-state index contributed by atoms with van der Waals surface area (Å²) in [6.07, 6.45) is 9.99. The number of methoxy groups -OCH3 is 1. The van der Waals surface area contributed by atoms with Crippen LogP contribution in [-0.2, 0) is 14.3 Å². The van der Waals surface area contributed by atoms with Crippen LogP contribution in [-0.4, -0.2) is 56.9 Å². The molecule has 1 aliphatic heterocycles. The van der Waals surface area contributed by atoms with Gasteiger partial charge in [0.2, 0.25) is 0 Å². The van der Waals surface area contributed by atoms with Gasteiger partial charge in [0.15, 0.2) is 0 Å². The molecule has 4 saturated carbocycles. The highest BCUT2D eigenvalue weighted by atomic mass is 16.6. The van der Waals surface area contributed by atoms with Gasteiger partial charge in [0.25, 0.3) is 0 Å². The molecule has 5 rings (SSSR count). The number of fused-ring (bicyclic) bond motifs is 4. The summed E-state index contributed by atoms with van der Waals surface area (Å²) in [6, 6.07) is 0. The number of esters is 1. The molecule has 5 aliphatic rings. The van der Waals surface area contributed by atoms with Crippen LogP contribution in [0.1, 0.15) is 106 Å². The Bertz CT molecular complexity index is 996. The van der Waals surface area contributed by atoms with Crippen LogP contribution in [0.4, 0.5) is 0 Å². The minimum absolute atomic E-state index is 0.0637. The van der Waals surface area contributed by atoms with E-state index in [-0.39, 0.29) is 39.8 Å². The monoisotopic (exact) mass is 518 g/mol. The topological polar surface area (TPSA) is 99.5 Å². The van der Waals surface area contributed by atoms with Crippen LogP contribution in [0.2, 0.25) is 0 Å². The fourth-order valence-corrected chi connectivity index (χ4v) is 9.87. The number of rotatable bonds is 3. The molecule has 6 nitrogen and oxygen atoms in total. The second-order valence-corrected chi connectivity index (χ2v) is 15.5. The molecule has 1 heterocycles. The maximum absolute atomic E-state index is 13.3. The van der Waals surface area contributed by atoms with E-state index >= 15 is 0 Å². The van der Waals surface area contributed by atoms with E-state index in [2.05, 4.69) is 47.6 Å². The first kappa shape index (κ1) is 27.6. The fraction of sp³-hybridized carbons (Fsp3) is 0.903. The molecular formula is C31H50O6. The van der Waals surface area contributed by atoms with Gasteiger partial charge in [-0.2, -0.15) is 0 Å². The molecule has 210 valence electrons. The lowest BCUT2D eigenvalue weighted by atomic mass is 9.45. The molecule has 9 atom stereocenters. The van der Waals surface area contributed by atoms with Crippen molar-refractivity contribution in [3.8, 4) is 0 Å². The highest BCUT2D eigenvalue weighted by Crippen LogP contribution is 2.74. The molecule has 0 aromatic heterocycles. The van der Waals surface area contributed by atoms with Gasteiger partial charge in [0.1, 0.15) is 11.2 Å². The number of carbonyl (C=O) groups excluding carboxylic acids is 1. The summed E-state index contributed by atoms with van der Waals surface area (Å²) in [7, 11) is 1.43. The molecule has 1 saturated heterocycles. The predicted octanol–water partition coefficient (Wildman–Crippen LogP) is 4.93. The lowest BCUT2D eigenvalue weighted by Crippen LogP contribution is -2.68. The van der Waals surface area contributed by atoms with Crippen molar-refractivity contribution in [1.29, 1.82) is 0 Å². The van der Waals surface area contributed by atoms with E-state index in [1.54, 1.807) is 6.92 Å². The van der Waals surface area contributed by atoms with Gasteiger partial charge in [0, 0.05) is 11.3 Å². The van der Waals surface area contributed by atoms with Crippen LogP contribution < -0.4 is 0 Å². The standard InChI is InChI=1S/C31H50O6/c1-24(2)13-15-29(23(33)36-8)16-14-27(6,34)30(35,21(29)19-24)17-18-31-26(5)11-10-22(32)25(3,4)20(26)9-12-28(31,7)37-31/h17-18,20-22,32,34-35H,9-16,19H2,1-8H3/b18-17-/t20-,21+,22-,26-,27+,28+,29-,30-,31-/m0/s1. The Morgan fingerprint density at radius 2 is 1.51 bits per heavy atom. The minimum Gasteiger partial charge on any atom is -0.469 e. The Morgan fingerprint density at radius 1 is 0.865 bits per heavy atom. The summed E-state index contributed by atoms with van der Waals surface area (Å²) in [5, 5.41) is 35.2. The van der Waals surface area contributed by atoms with Gasteiger partial charge >= 0.3 is 5.97 Å². The number of aliphatic hydroxyl groups is 3. The number of hydrogen-bond acceptors (Lipinski definition) is 6. The van der Waals surface area contributed by atoms with E-state index in [0.717, 1.165) is 32.1 Å². The second kappa shape index (κ2) is 7.83. The van der Waals surface area contributed by atoms with Crippen molar-refractivity contribution in [3.63, 3.8) is 0 Å². The summed E-state index contributed by atoms with van der Waals surface area (Å²) in [5.41, 5.74) is -5.23. The molecule has 3 N–H and O–H groups in total. The molecule has 0 spiro atoms. The third-order valence-corrected chi connectivity index (χ3v) is 12.6. The normalized spacial score (nSPS) is 54.1. The van der Waals surface area contributed by atoms with Gasteiger partial charge in [-0.05, 0) is 88.4 Å². The molecule has 37 heavy (non-hydrogen) atoms. The zero-order valence-corrected chi connectivity index (χ0v) is 24.3. The highest BCUT2D eigenvalue weighted by Gasteiger charge is 2.79. The lowest BCUT2D eigenvalue weighted by Gasteiger charge is -2.61. The third kappa shape index (κ3) is 3.40. The SMILES string of the molecule is COC(=O)[C@]12CCC(C)(C)C[C@H]1[C@@](O)(/C=C\[C@@]13O[C@]1(C)CC[C@H]1C(C)(C)[C@@H](O)CC[C@@]13C)[C@](C)(O)CC2. The number of aliphatic hydroxyl groups excluding tert-OH is 1. The molecule has 0 radical (unpaired) electrons. The quantitative estimate of drug-likeness (QED) is 0.278. The smallest absolute Gasteiger partial charge is 0.312 e. The van der Waals surface area contributed by atoms with Gasteiger partial charge < -0.3 is 24.8 Å². The summed E-state index contributed by atoms with van der Waals surface area (Å²) in [5.74, 6) is -0.462. The van der Waals surface area contributed by atoms with Gasteiger partial charge in [-0.25, -0.2) is 0 Å². The maximum Gasteiger partial charge on any atom is 0.312 e. The number of ether oxygens (including phenoxy) is 2. The van der Waals surface area contributed by atoms with Gasteiger partial charge in [-0.15, -0.1) is 0 Å². The van der Waals surface area contributed by atoms with Crippen molar-refractivity contribution in [1.82, 2.24) is 0 Å². The number of carbonyl (C=O) groups is 1. The maximum atomic E-state index is 13.3. The Kier molecular flexibility index (Phi) is 5.84. The van der Waals surface area contributed by atoms with Crippen LogP contribution in [0.3, 0.4) is 0 Å². The zero-order chi connectivity index (χ0) is 27.5. The van der Waals surface area contributed by atoms with Crippen molar-refractivity contribution in [3.05, 3.63) is 12.2 Å². The van der Waals surface area contributed by atoms with Crippen LogP contribution in [0.5, 0.6) is 0 Å². The van der Waals surface area contributed by atoms with E-state index in [4.69, 9.17) is 9.47 Å². The molecule has 4 aliphatic carbocycles. The van der Waals surface area contributed by atoms with E-state index in [0.29, 0.717) is 25.7 Å².